The Bertz CT molecular complexity index is 630. The summed E-state index contributed by atoms with van der Waals surface area (Å²) >= 11 is 0. The Morgan fingerprint density at radius 3 is 2.30 bits per heavy atom. The Labute approximate surface area is 203 Å². The largest absolute Gasteiger partial charge is 0.499 e. The first-order valence-electron chi connectivity index (χ1n) is 13.6. The summed E-state index contributed by atoms with van der Waals surface area (Å²) in [4.78, 5) is 10.4. The minimum absolute atomic E-state index is 0.153. The van der Waals surface area contributed by atoms with E-state index in [1.165, 1.54) is 50.0 Å². The highest BCUT2D eigenvalue weighted by atomic mass is 17.2. The van der Waals surface area contributed by atoms with Crippen LogP contribution < -0.4 is 5.32 Å². The van der Waals surface area contributed by atoms with Gasteiger partial charge in [-0.15, -0.1) is 0 Å². The van der Waals surface area contributed by atoms with Gasteiger partial charge in [-0.05, 0) is 84.0 Å². The van der Waals surface area contributed by atoms with Crippen LogP contribution in [0.15, 0.2) is 11.5 Å². The van der Waals surface area contributed by atoms with Gasteiger partial charge in [0.15, 0.2) is 0 Å². The first-order chi connectivity index (χ1) is 15.7. The lowest BCUT2D eigenvalue weighted by Gasteiger charge is -2.47. The molecule has 3 unspecified atom stereocenters. The van der Waals surface area contributed by atoms with Crippen molar-refractivity contribution >= 4 is 0 Å². The molecule has 0 radical (unpaired) electrons. The highest BCUT2D eigenvalue weighted by Crippen LogP contribution is 2.45. The van der Waals surface area contributed by atoms with Crippen molar-refractivity contribution in [3.05, 3.63) is 11.5 Å². The third kappa shape index (κ3) is 7.35. The van der Waals surface area contributed by atoms with Crippen LogP contribution in [0, 0.1) is 23.7 Å². The predicted octanol–water partition coefficient (Wildman–Crippen LogP) is 6.77. The monoisotopic (exact) mass is 465 g/mol. The van der Waals surface area contributed by atoms with Crippen molar-refractivity contribution in [3.8, 4) is 0 Å². The molecule has 0 aromatic carbocycles. The van der Waals surface area contributed by atoms with Crippen LogP contribution in [-0.4, -0.2) is 37.6 Å². The zero-order valence-electron chi connectivity index (χ0n) is 22.5. The molecule has 0 aromatic heterocycles. The quantitative estimate of drug-likeness (QED) is 0.219. The lowest BCUT2D eigenvalue weighted by atomic mass is 9.66. The zero-order chi connectivity index (χ0) is 24.1. The Morgan fingerprint density at radius 2 is 1.70 bits per heavy atom. The summed E-state index contributed by atoms with van der Waals surface area (Å²) < 4.78 is 12.4. The minimum atomic E-state index is -0.334. The molecule has 3 aliphatic rings. The third-order valence-electron chi connectivity index (χ3n) is 8.41. The molecule has 5 nitrogen and oxygen atoms in total. The van der Waals surface area contributed by atoms with Gasteiger partial charge in [0.2, 0.25) is 0 Å². The molecule has 0 aromatic rings. The van der Waals surface area contributed by atoms with Crippen LogP contribution in [-0.2, 0) is 19.2 Å². The molecule has 5 heteroatoms. The molecule has 2 fully saturated rings. The van der Waals surface area contributed by atoms with E-state index in [0.717, 1.165) is 25.7 Å². The topological polar surface area (TPSA) is 49.0 Å². The third-order valence-corrected chi connectivity index (χ3v) is 8.41. The Hall–Kier alpha value is -0.780. The number of ether oxygens (including phenoxy) is 2. The van der Waals surface area contributed by atoms with E-state index in [4.69, 9.17) is 19.2 Å². The van der Waals surface area contributed by atoms with Gasteiger partial charge in [-0.1, -0.05) is 33.1 Å². The summed E-state index contributed by atoms with van der Waals surface area (Å²) in [5.74, 6) is 3.88. The molecular formula is C28H51NO4. The molecule has 1 N–H and O–H groups in total. The van der Waals surface area contributed by atoms with Crippen molar-refractivity contribution in [1.82, 2.24) is 5.32 Å². The molecule has 3 rings (SSSR count). The fraction of sp³-hybridized carbons (Fsp3) is 0.929. The van der Waals surface area contributed by atoms with Gasteiger partial charge in [-0.2, -0.15) is 0 Å². The standard InChI is InChI=1S/C28H51NO4/c1-8-31-32-19-27(4,5)33-23-16-20(2)24(21(3)17-23)18-28(6)15-14-25(30-7)26(29-28)22-12-10-9-11-13-22/h20-24,29H,8-19H2,1-7H3. The summed E-state index contributed by atoms with van der Waals surface area (Å²) in [6.45, 7) is 14.5. The second-order valence-corrected chi connectivity index (χ2v) is 12.0. The Morgan fingerprint density at radius 1 is 1.03 bits per heavy atom. The van der Waals surface area contributed by atoms with Crippen molar-refractivity contribution in [2.45, 2.75) is 123 Å². The molecule has 3 atom stereocenters. The highest BCUT2D eigenvalue weighted by molar-refractivity contribution is 5.19. The summed E-state index contributed by atoms with van der Waals surface area (Å²) in [5.41, 5.74) is 1.25. The van der Waals surface area contributed by atoms with Crippen LogP contribution in [0.5, 0.6) is 0 Å². The molecular weight excluding hydrogens is 414 g/mol. The molecule has 1 heterocycles. The number of methoxy groups -OCH3 is 1. The van der Waals surface area contributed by atoms with Gasteiger partial charge >= 0.3 is 0 Å². The molecule has 1 aliphatic heterocycles. The second-order valence-electron chi connectivity index (χ2n) is 12.0. The van der Waals surface area contributed by atoms with E-state index >= 15 is 0 Å². The SMILES string of the molecule is CCOOCC(C)(C)OC1CC(C)C(CC2(C)CCC(OC)=C(C3CCCCC3)N2)C(C)C1. The summed E-state index contributed by atoms with van der Waals surface area (Å²) in [5, 5.41) is 4.06. The molecule has 0 saturated heterocycles. The van der Waals surface area contributed by atoms with Gasteiger partial charge in [-0.3, -0.25) is 0 Å². The summed E-state index contributed by atoms with van der Waals surface area (Å²) in [7, 11) is 1.86. The van der Waals surface area contributed by atoms with E-state index in [-0.39, 0.29) is 17.2 Å². The average Bonchev–Trinajstić information content (AvgIpc) is 2.77. The van der Waals surface area contributed by atoms with Crippen LogP contribution >= 0.6 is 0 Å². The molecule has 0 bridgehead atoms. The summed E-state index contributed by atoms with van der Waals surface area (Å²) in [6, 6.07) is 0. The van der Waals surface area contributed by atoms with Crippen molar-refractivity contribution in [2.24, 2.45) is 23.7 Å². The Balaban J connectivity index is 1.60. The number of rotatable bonds is 10. The van der Waals surface area contributed by atoms with Crippen molar-refractivity contribution in [1.29, 1.82) is 0 Å². The predicted molar refractivity (Wildman–Crippen MR) is 134 cm³/mol. The van der Waals surface area contributed by atoms with E-state index in [1.807, 2.05) is 14.0 Å². The van der Waals surface area contributed by atoms with Crippen molar-refractivity contribution in [2.75, 3.05) is 20.3 Å². The first-order valence-corrected chi connectivity index (χ1v) is 13.6. The van der Waals surface area contributed by atoms with Crippen LogP contribution in [0.4, 0.5) is 0 Å². The van der Waals surface area contributed by atoms with Gasteiger partial charge in [0.25, 0.3) is 0 Å². The lowest BCUT2D eigenvalue weighted by Crippen LogP contribution is -2.50. The van der Waals surface area contributed by atoms with E-state index < -0.39 is 0 Å². The maximum absolute atomic E-state index is 6.51. The minimum Gasteiger partial charge on any atom is -0.499 e. The number of hydrogen-bond donors (Lipinski definition) is 1. The molecule has 0 amide bonds. The fourth-order valence-electron chi connectivity index (χ4n) is 6.67. The van der Waals surface area contributed by atoms with Gasteiger partial charge in [0.1, 0.15) is 12.4 Å². The maximum atomic E-state index is 6.51. The molecule has 33 heavy (non-hydrogen) atoms. The first kappa shape index (κ1) is 26.8. The molecule has 2 aliphatic carbocycles. The van der Waals surface area contributed by atoms with Crippen LogP contribution in [0.2, 0.25) is 0 Å². The fourth-order valence-corrected chi connectivity index (χ4v) is 6.67. The number of nitrogens with one attached hydrogen (secondary N) is 1. The highest BCUT2D eigenvalue weighted by Gasteiger charge is 2.42. The van der Waals surface area contributed by atoms with Gasteiger partial charge in [-0.25, -0.2) is 9.78 Å². The lowest BCUT2D eigenvalue weighted by molar-refractivity contribution is -0.318. The number of allylic oxidation sites excluding steroid dienone is 2. The average molecular weight is 466 g/mol. The van der Waals surface area contributed by atoms with Gasteiger partial charge in [0, 0.05) is 17.9 Å². The maximum Gasteiger partial charge on any atom is 0.115 e. The smallest absolute Gasteiger partial charge is 0.115 e. The Kier molecular flexibility index (Phi) is 9.56. The normalized spacial score (nSPS) is 34.3. The number of hydrogen-bond acceptors (Lipinski definition) is 5. The van der Waals surface area contributed by atoms with Crippen LogP contribution in [0.1, 0.15) is 106 Å². The van der Waals surface area contributed by atoms with Gasteiger partial charge < -0.3 is 14.8 Å². The van der Waals surface area contributed by atoms with E-state index in [1.54, 1.807) is 0 Å². The van der Waals surface area contributed by atoms with Crippen molar-refractivity contribution in [3.63, 3.8) is 0 Å². The molecule has 0 spiro atoms. The van der Waals surface area contributed by atoms with E-state index in [9.17, 15) is 0 Å². The van der Waals surface area contributed by atoms with E-state index in [0.29, 0.717) is 36.9 Å². The van der Waals surface area contributed by atoms with E-state index in [2.05, 4.69) is 39.9 Å². The van der Waals surface area contributed by atoms with Gasteiger partial charge in [0.05, 0.1) is 31.1 Å². The van der Waals surface area contributed by atoms with Crippen LogP contribution in [0.3, 0.4) is 0 Å². The summed E-state index contributed by atoms with van der Waals surface area (Å²) in [6.07, 6.45) is 12.7. The zero-order valence-corrected chi connectivity index (χ0v) is 22.5. The second kappa shape index (κ2) is 11.8. The van der Waals surface area contributed by atoms with Crippen molar-refractivity contribution < 1.29 is 19.2 Å². The molecule has 2 saturated carbocycles. The molecule has 192 valence electrons. The van der Waals surface area contributed by atoms with Crippen LogP contribution in [0.25, 0.3) is 0 Å².